The summed E-state index contributed by atoms with van der Waals surface area (Å²) in [5, 5.41) is 19.5. The summed E-state index contributed by atoms with van der Waals surface area (Å²) in [4.78, 5) is 0. The summed E-state index contributed by atoms with van der Waals surface area (Å²) in [6.45, 7) is 2.58. The van der Waals surface area contributed by atoms with Gasteiger partial charge in [0.2, 0.25) is 0 Å². The number of aliphatic hydroxyl groups excluding tert-OH is 1. The molecule has 0 aliphatic carbocycles. The van der Waals surface area contributed by atoms with Crippen molar-refractivity contribution < 1.29 is 14.9 Å². The molecule has 0 saturated heterocycles. The summed E-state index contributed by atoms with van der Waals surface area (Å²) >= 11 is 0. The van der Waals surface area contributed by atoms with E-state index >= 15 is 0 Å². The maximum absolute atomic E-state index is 9.74. The van der Waals surface area contributed by atoms with Gasteiger partial charge in [0, 0.05) is 5.56 Å². The molecule has 1 heterocycles. The zero-order valence-corrected chi connectivity index (χ0v) is 12.5. The van der Waals surface area contributed by atoms with Gasteiger partial charge in [0.05, 0.1) is 12.7 Å². The van der Waals surface area contributed by atoms with E-state index in [9.17, 15) is 10.2 Å². The van der Waals surface area contributed by atoms with Gasteiger partial charge in [-0.2, -0.15) is 0 Å². The lowest BCUT2D eigenvalue weighted by Gasteiger charge is -2.06. The SMILES string of the molecule is CCCCC(O)CC=CC=CC1OCc2c(O)cccc21. The molecule has 1 aliphatic heterocycles. The van der Waals surface area contributed by atoms with Crippen LogP contribution in [0, 0.1) is 0 Å². The Bertz CT molecular complexity index is 505. The summed E-state index contributed by atoms with van der Waals surface area (Å²) in [5.41, 5.74) is 1.91. The molecule has 21 heavy (non-hydrogen) atoms. The molecule has 1 aliphatic rings. The van der Waals surface area contributed by atoms with Crippen molar-refractivity contribution in [3.8, 4) is 5.75 Å². The molecule has 0 amide bonds. The molecule has 3 nitrogen and oxygen atoms in total. The second kappa shape index (κ2) is 8.01. The molecule has 0 radical (unpaired) electrons. The minimum atomic E-state index is -0.241. The molecular weight excluding hydrogens is 264 g/mol. The summed E-state index contributed by atoms with van der Waals surface area (Å²) in [6, 6.07) is 5.50. The van der Waals surface area contributed by atoms with Crippen molar-refractivity contribution in [2.24, 2.45) is 0 Å². The first kappa shape index (κ1) is 15.8. The fourth-order valence-corrected chi connectivity index (χ4v) is 2.47. The van der Waals surface area contributed by atoms with Crippen LogP contribution in [0.3, 0.4) is 0 Å². The third-order valence-electron chi connectivity index (χ3n) is 3.73. The molecular formula is C18H24O3. The second-order valence-corrected chi connectivity index (χ2v) is 5.42. The first-order chi connectivity index (χ1) is 10.2. The molecule has 1 aromatic carbocycles. The topological polar surface area (TPSA) is 49.7 Å². The first-order valence-corrected chi connectivity index (χ1v) is 7.66. The van der Waals surface area contributed by atoms with Gasteiger partial charge in [0.15, 0.2) is 0 Å². The van der Waals surface area contributed by atoms with Crippen molar-refractivity contribution in [1.29, 1.82) is 0 Å². The van der Waals surface area contributed by atoms with Crippen LogP contribution in [0.4, 0.5) is 0 Å². The number of benzene rings is 1. The van der Waals surface area contributed by atoms with Gasteiger partial charge in [-0.3, -0.25) is 0 Å². The average molecular weight is 288 g/mol. The highest BCUT2D eigenvalue weighted by Gasteiger charge is 2.22. The van der Waals surface area contributed by atoms with Gasteiger partial charge in [0.1, 0.15) is 11.9 Å². The van der Waals surface area contributed by atoms with Crippen LogP contribution in [0.1, 0.15) is 49.8 Å². The fraction of sp³-hybridized carbons (Fsp3) is 0.444. The quantitative estimate of drug-likeness (QED) is 0.745. The Morgan fingerprint density at radius 1 is 1.38 bits per heavy atom. The molecule has 114 valence electrons. The summed E-state index contributed by atoms with van der Waals surface area (Å²) in [5.74, 6) is 0.304. The number of aliphatic hydroxyl groups is 1. The average Bonchev–Trinajstić information content (AvgIpc) is 2.89. The Balaban J connectivity index is 1.83. The number of aromatic hydroxyl groups is 1. The first-order valence-electron chi connectivity index (χ1n) is 7.66. The van der Waals surface area contributed by atoms with Crippen molar-refractivity contribution in [2.75, 3.05) is 0 Å². The Hall–Kier alpha value is -1.58. The number of phenolic OH excluding ortho intramolecular Hbond substituents is 1. The number of hydrogen-bond donors (Lipinski definition) is 2. The number of unbranched alkanes of at least 4 members (excludes halogenated alkanes) is 1. The highest BCUT2D eigenvalue weighted by atomic mass is 16.5. The van der Waals surface area contributed by atoms with Gasteiger partial charge >= 0.3 is 0 Å². The van der Waals surface area contributed by atoms with Crippen molar-refractivity contribution in [1.82, 2.24) is 0 Å². The van der Waals surface area contributed by atoms with Crippen LogP contribution in [0.5, 0.6) is 5.75 Å². The summed E-state index contributed by atoms with van der Waals surface area (Å²) < 4.78 is 5.65. The Kier molecular flexibility index (Phi) is 6.03. The van der Waals surface area contributed by atoms with Crippen LogP contribution in [-0.2, 0) is 11.3 Å². The third kappa shape index (κ3) is 4.45. The Morgan fingerprint density at radius 3 is 3.05 bits per heavy atom. The van der Waals surface area contributed by atoms with Crippen LogP contribution in [0.15, 0.2) is 42.5 Å². The van der Waals surface area contributed by atoms with E-state index < -0.39 is 0 Å². The molecule has 0 fully saturated rings. The molecule has 0 bridgehead atoms. The predicted molar refractivity (Wildman–Crippen MR) is 84.1 cm³/mol. The molecule has 3 heteroatoms. The molecule has 2 N–H and O–H groups in total. The molecule has 2 rings (SSSR count). The highest BCUT2D eigenvalue weighted by Crippen LogP contribution is 2.36. The smallest absolute Gasteiger partial charge is 0.121 e. The van der Waals surface area contributed by atoms with Crippen LogP contribution >= 0.6 is 0 Å². The lowest BCUT2D eigenvalue weighted by Crippen LogP contribution is -2.03. The number of rotatable bonds is 7. The second-order valence-electron chi connectivity index (χ2n) is 5.42. The third-order valence-corrected chi connectivity index (χ3v) is 3.73. The standard InChI is InChI=1S/C18H24O3/c1-2-3-8-14(19)9-5-4-6-12-18-15-10-7-11-17(20)16(15)13-21-18/h4-7,10-12,14,18-20H,2-3,8-9,13H2,1H3. The van der Waals surface area contributed by atoms with E-state index in [-0.39, 0.29) is 12.2 Å². The summed E-state index contributed by atoms with van der Waals surface area (Å²) in [6.07, 6.45) is 11.2. The van der Waals surface area contributed by atoms with Crippen molar-refractivity contribution in [3.63, 3.8) is 0 Å². The fourth-order valence-electron chi connectivity index (χ4n) is 2.47. The minimum absolute atomic E-state index is 0.0956. The summed E-state index contributed by atoms with van der Waals surface area (Å²) in [7, 11) is 0. The van der Waals surface area contributed by atoms with Gasteiger partial charge in [-0.15, -0.1) is 0 Å². The van der Waals surface area contributed by atoms with Gasteiger partial charge in [-0.1, -0.05) is 56.2 Å². The van der Waals surface area contributed by atoms with Gasteiger partial charge in [-0.05, 0) is 24.5 Å². The minimum Gasteiger partial charge on any atom is -0.508 e. The Morgan fingerprint density at radius 2 is 2.24 bits per heavy atom. The number of fused-ring (bicyclic) bond motifs is 1. The molecule has 0 saturated carbocycles. The zero-order valence-electron chi connectivity index (χ0n) is 12.5. The van der Waals surface area contributed by atoms with E-state index in [0.29, 0.717) is 18.8 Å². The van der Waals surface area contributed by atoms with Crippen molar-refractivity contribution >= 4 is 0 Å². The van der Waals surface area contributed by atoms with Crippen LogP contribution in [-0.4, -0.2) is 16.3 Å². The predicted octanol–water partition coefficient (Wildman–Crippen LogP) is 4.02. The zero-order chi connectivity index (χ0) is 15.1. The van der Waals surface area contributed by atoms with E-state index in [4.69, 9.17) is 4.74 Å². The lowest BCUT2D eigenvalue weighted by molar-refractivity contribution is 0.0984. The number of hydrogen-bond acceptors (Lipinski definition) is 3. The van der Waals surface area contributed by atoms with Crippen molar-refractivity contribution in [2.45, 2.75) is 51.4 Å². The largest absolute Gasteiger partial charge is 0.508 e. The monoisotopic (exact) mass is 288 g/mol. The van der Waals surface area contributed by atoms with E-state index in [1.807, 2.05) is 36.4 Å². The van der Waals surface area contributed by atoms with E-state index in [2.05, 4.69) is 6.92 Å². The van der Waals surface area contributed by atoms with Gasteiger partial charge in [-0.25, -0.2) is 0 Å². The van der Waals surface area contributed by atoms with Crippen LogP contribution < -0.4 is 0 Å². The maximum Gasteiger partial charge on any atom is 0.121 e. The number of allylic oxidation sites excluding steroid dienone is 2. The van der Waals surface area contributed by atoms with Crippen LogP contribution in [0.25, 0.3) is 0 Å². The molecule has 0 spiro atoms. The number of phenols is 1. The molecule has 2 unspecified atom stereocenters. The maximum atomic E-state index is 9.74. The van der Waals surface area contributed by atoms with E-state index in [1.165, 1.54) is 0 Å². The van der Waals surface area contributed by atoms with Gasteiger partial charge < -0.3 is 14.9 Å². The Labute approximate surface area is 126 Å². The highest BCUT2D eigenvalue weighted by molar-refractivity contribution is 5.43. The van der Waals surface area contributed by atoms with Crippen molar-refractivity contribution in [3.05, 3.63) is 53.6 Å². The van der Waals surface area contributed by atoms with E-state index in [0.717, 1.165) is 30.4 Å². The molecule has 2 atom stereocenters. The molecule has 1 aromatic rings. The normalized spacial score (nSPS) is 19.4. The lowest BCUT2D eigenvalue weighted by atomic mass is 10.0. The molecule has 0 aromatic heterocycles. The van der Waals surface area contributed by atoms with E-state index in [1.54, 1.807) is 6.07 Å². The number of ether oxygens (including phenoxy) is 1. The van der Waals surface area contributed by atoms with Crippen LogP contribution in [0.2, 0.25) is 0 Å². The van der Waals surface area contributed by atoms with Gasteiger partial charge in [0.25, 0.3) is 0 Å².